The number of nitrogen functional groups attached to an aromatic ring is 1. The van der Waals surface area contributed by atoms with Crippen molar-refractivity contribution in [2.45, 2.75) is 25.7 Å². The normalized spacial score (nSPS) is 20.2. The number of piperidine rings is 1. The molecule has 3 N–H and O–H groups in total. The summed E-state index contributed by atoms with van der Waals surface area (Å²) < 4.78 is 13.8. The molecule has 1 saturated heterocycles. The van der Waals surface area contributed by atoms with Gasteiger partial charge in [0.1, 0.15) is 5.82 Å². The predicted molar refractivity (Wildman–Crippen MR) is 60.7 cm³/mol. The maximum atomic E-state index is 13.8. The lowest BCUT2D eigenvalue weighted by atomic mass is 9.89. The topological polar surface area (TPSA) is 72.2 Å². The van der Waals surface area contributed by atoms with Crippen molar-refractivity contribution < 1.29 is 14.0 Å². The van der Waals surface area contributed by atoms with Gasteiger partial charge in [0.2, 0.25) is 11.8 Å². The van der Waals surface area contributed by atoms with Gasteiger partial charge in [-0.05, 0) is 31.0 Å². The first-order chi connectivity index (χ1) is 7.99. The summed E-state index contributed by atoms with van der Waals surface area (Å²) in [6.07, 6.45) is 0.549. The fraction of sp³-hybridized carbons (Fsp3) is 0.333. The zero-order valence-corrected chi connectivity index (χ0v) is 9.42. The van der Waals surface area contributed by atoms with Crippen LogP contribution in [0.5, 0.6) is 0 Å². The molecule has 2 amide bonds. The molecule has 4 nitrogen and oxygen atoms in total. The molecular weight excluding hydrogens is 223 g/mol. The van der Waals surface area contributed by atoms with Crippen LogP contribution in [0.2, 0.25) is 0 Å². The van der Waals surface area contributed by atoms with Gasteiger partial charge in [0, 0.05) is 17.7 Å². The molecule has 2 rings (SSSR count). The van der Waals surface area contributed by atoms with Crippen molar-refractivity contribution in [1.29, 1.82) is 0 Å². The average molecular weight is 236 g/mol. The highest BCUT2D eigenvalue weighted by Gasteiger charge is 2.30. The Morgan fingerprint density at radius 2 is 2.12 bits per heavy atom. The molecule has 1 aliphatic rings. The summed E-state index contributed by atoms with van der Waals surface area (Å²) >= 11 is 0. The van der Waals surface area contributed by atoms with Gasteiger partial charge in [-0.15, -0.1) is 0 Å². The van der Waals surface area contributed by atoms with E-state index >= 15 is 0 Å². The summed E-state index contributed by atoms with van der Waals surface area (Å²) in [6, 6.07) is 2.79. The Morgan fingerprint density at radius 1 is 1.41 bits per heavy atom. The van der Waals surface area contributed by atoms with E-state index in [2.05, 4.69) is 5.32 Å². The van der Waals surface area contributed by atoms with Crippen LogP contribution in [0.25, 0.3) is 0 Å². The Hall–Kier alpha value is -1.91. The van der Waals surface area contributed by atoms with Crippen LogP contribution in [0.1, 0.15) is 29.9 Å². The largest absolute Gasteiger partial charge is 0.399 e. The number of hydrogen-bond acceptors (Lipinski definition) is 3. The molecule has 0 saturated carbocycles. The van der Waals surface area contributed by atoms with E-state index in [0.29, 0.717) is 17.7 Å². The first kappa shape index (κ1) is 11.6. The van der Waals surface area contributed by atoms with E-state index in [0.717, 1.165) is 0 Å². The molecule has 1 fully saturated rings. The fourth-order valence-electron chi connectivity index (χ4n) is 1.96. The van der Waals surface area contributed by atoms with E-state index in [1.165, 1.54) is 12.1 Å². The van der Waals surface area contributed by atoms with Gasteiger partial charge in [0.25, 0.3) is 0 Å². The number of hydrogen-bond donors (Lipinski definition) is 2. The third-order valence-corrected chi connectivity index (χ3v) is 3.00. The number of benzene rings is 1. The summed E-state index contributed by atoms with van der Waals surface area (Å²) in [4.78, 5) is 22.6. The van der Waals surface area contributed by atoms with Crippen molar-refractivity contribution in [3.63, 3.8) is 0 Å². The Morgan fingerprint density at radius 3 is 2.76 bits per heavy atom. The molecule has 17 heavy (non-hydrogen) atoms. The van der Waals surface area contributed by atoms with Crippen molar-refractivity contribution in [2.75, 3.05) is 5.73 Å². The van der Waals surface area contributed by atoms with Crippen LogP contribution < -0.4 is 11.1 Å². The molecule has 1 aliphatic heterocycles. The number of carbonyl (C=O) groups is 2. The Balaban J connectivity index is 2.37. The lowest BCUT2D eigenvalue weighted by Crippen LogP contribution is -2.39. The molecular formula is C12H13FN2O2. The van der Waals surface area contributed by atoms with Gasteiger partial charge in [0.15, 0.2) is 0 Å². The summed E-state index contributed by atoms with van der Waals surface area (Å²) in [5.41, 5.74) is 7.05. The second-order valence-electron chi connectivity index (χ2n) is 4.23. The molecule has 0 bridgehead atoms. The summed E-state index contributed by atoms with van der Waals surface area (Å²) in [7, 11) is 0. The lowest BCUT2D eigenvalue weighted by molar-refractivity contribution is -0.134. The van der Waals surface area contributed by atoms with Gasteiger partial charge in [-0.2, -0.15) is 0 Å². The Kier molecular flexibility index (Phi) is 2.83. The van der Waals surface area contributed by atoms with Gasteiger partial charge in [-0.1, -0.05) is 0 Å². The minimum absolute atomic E-state index is 0.226. The minimum Gasteiger partial charge on any atom is -0.399 e. The first-order valence-corrected chi connectivity index (χ1v) is 5.38. The number of amides is 2. The number of carbonyl (C=O) groups excluding carboxylic acids is 2. The molecule has 5 heteroatoms. The predicted octanol–water partition coefficient (Wildman–Crippen LogP) is 1.24. The molecule has 1 atom stereocenters. The second-order valence-corrected chi connectivity index (χ2v) is 4.23. The number of halogens is 1. The highest BCUT2D eigenvalue weighted by Crippen LogP contribution is 2.29. The van der Waals surface area contributed by atoms with Gasteiger partial charge in [-0.25, -0.2) is 4.39 Å². The maximum Gasteiger partial charge on any atom is 0.234 e. The SMILES string of the molecule is Cc1cc(F)c(C2CCC(=O)NC2=O)cc1N. The van der Waals surface area contributed by atoms with E-state index in [4.69, 9.17) is 5.73 Å². The Labute approximate surface area is 98.0 Å². The highest BCUT2D eigenvalue weighted by atomic mass is 19.1. The molecule has 0 aliphatic carbocycles. The monoisotopic (exact) mass is 236 g/mol. The number of anilines is 1. The average Bonchev–Trinajstić information content (AvgIpc) is 2.24. The van der Waals surface area contributed by atoms with Crippen LogP contribution in [0.15, 0.2) is 12.1 Å². The van der Waals surface area contributed by atoms with Crippen molar-refractivity contribution in [3.8, 4) is 0 Å². The van der Waals surface area contributed by atoms with Crippen molar-refractivity contribution in [3.05, 3.63) is 29.1 Å². The minimum atomic E-state index is -0.629. The quantitative estimate of drug-likeness (QED) is 0.569. The van der Waals surface area contributed by atoms with Crippen LogP contribution in [-0.4, -0.2) is 11.8 Å². The van der Waals surface area contributed by atoms with E-state index in [9.17, 15) is 14.0 Å². The third-order valence-electron chi connectivity index (χ3n) is 3.00. The maximum absolute atomic E-state index is 13.8. The van der Waals surface area contributed by atoms with Crippen molar-refractivity contribution >= 4 is 17.5 Å². The van der Waals surface area contributed by atoms with Crippen molar-refractivity contribution in [1.82, 2.24) is 5.32 Å². The van der Waals surface area contributed by atoms with Crippen LogP contribution in [-0.2, 0) is 9.59 Å². The number of imide groups is 1. The third kappa shape index (κ3) is 2.13. The molecule has 1 unspecified atom stereocenters. The zero-order chi connectivity index (χ0) is 12.6. The Bertz CT molecular complexity index is 500. The van der Waals surface area contributed by atoms with Crippen molar-refractivity contribution in [2.24, 2.45) is 0 Å². The van der Waals surface area contributed by atoms with Crippen LogP contribution >= 0.6 is 0 Å². The fourth-order valence-corrected chi connectivity index (χ4v) is 1.96. The highest BCUT2D eigenvalue weighted by molar-refractivity contribution is 6.01. The molecule has 90 valence electrons. The number of rotatable bonds is 1. The van der Waals surface area contributed by atoms with Crippen LogP contribution in [0.3, 0.4) is 0 Å². The van der Waals surface area contributed by atoms with E-state index in [-0.39, 0.29) is 17.9 Å². The van der Waals surface area contributed by atoms with E-state index < -0.39 is 17.6 Å². The standard InChI is InChI=1S/C12H13FN2O2/c1-6-4-9(13)8(5-10(6)14)7-2-3-11(16)15-12(7)17/h4-5,7H,2-3,14H2,1H3,(H,15,16,17). The van der Waals surface area contributed by atoms with Crippen LogP contribution in [0, 0.1) is 12.7 Å². The van der Waals surface area contributed by atoms with Gasteiger partial charge in [0.05, 0.1) is 5.92 Å². The van der Waals surface area contributed by atoms with Gasteiger partial charge >= 0.3 is 0 Å². The van der Waals surface area contributed by atoms with E-state index in [1.807, 2.05) is 0 Å². The number of nitrogens with one attached hydrogen (secondary N) is 1. The van der Waals surface area contributed by atoms with E-state index in [1.54, 1.807) is 6.92 Å². The van der Waals surface area contributed by atoms with Crippen LogP contribution in [0.4, 0.5) is 10.1 Å². The second kappa shape index (κ2) is 4.16. The summed E-state index contributed by atoms with van der Waals surface area (Å²) in [6.45, 7) is 1.70. The van der Waals surface area contributed by atoms with Gasteiger partial charge < -0.3 is 5.73 Å². The molecule has 0 spiro atoms. The smallest absolute Gasteiger partial charge is 0.234 e. The first-order valence-electron chi connectivity index (χ1n) is 5.38. The molecule has 1 aromatic carbocycles. The lowest BCUT2D eigenvalue weighted by Gasteiger charge is -2.22. The zero-order valence-electron chi connectivity index (χ0n) is 9.42. The van der Waals surface area contributed by atoms with Gasteiger partial charge in [-0.3, -0.25) is 14.9 Å². The molecule has 0 radical (unpaired) electrons. The number of aryl methyl sites for hydroxylation is 1. The molecule has 1 heterocycles. The molecule has 1 aromatic rings. The summed E-state index contributed by atoms with van der Waals surface area (Å²) in [5, 5.41) is 2.20. The summed E-state index contributed by atoms with van der Waals surface area (Å²) in [5.74, 6) is -1.85. The number of nitrogens with two attached hydrogens (primary N) is 1. The molecule has 0 aromatic heterocycles.